The van der Waals surface area contributed by atoms with Gasteiger partial charge in [0.2, 0.25) is 0 Å². The van der Waals surface area contributed by atoms with Crippen LogP contribution in [0.2, 0.25) is 0 Å². The van der Waals surface area contributed by atoms with Crippen LogP contribution in [0.15, 0.2) is 12.3 Å². The van der Waals surface area contributed by atoms with Gasteiger partial charge in [0.25, 0.3) is 0 Å². The molecule has 1 unspecified atom stereocenters. The number of hydrogen-bond donors (Lipinski definition) is 1. The molecule has 4 nitrogen and oxygen atoms in total. The van der Waals surface area contributed by atoms with E-state index in [4.69, 9.17) is 5.11 Å². The fraction of sp³-hybridized carbons (Fsp3) is 0.556. The standard InChI is InChI=1S/C9H15N3O/c1-7-4-9(11-10-5-7)12(3)6-8(2)13/h4-5,8,13H,6H2,1-3H3. The minimum absolute atomic E-state index is 0.354. The molecule has 0 fully saturated rings. The summed E-state index contributed by atoms with van der Waals surface area (Å²) in [6, 6.07) is 1.94. The highest BCUT2D eigenvalue weighted by Crippen LogP contribution is 2.08. The second-order valence-electron chi connectivity index (χ2n) is 3.32. The molecule has 0 aromatic carbocycles. The molecule has 0 aliphatic heterocycles. The van der Waals surface area contributed by atoms with Crippen molar-refractivity contribution in [1.82, 2.24) is 10.2 Å². The molecule has 1 heterocycles. The maximum Gasteiger partial charge on any atom is 0.151 e. The summed E-state index contributed by atoms with van der Waals surface area (Å²) in [5, 5.41) is 17.0. The molecule has 0 saturated carbocycles. The van der Waals surface area contributed by atoms with E-state index in [1.54, 1.807) is 13.1 Å². The smallest absolute Gasteiger partial charge is 0.151 e. The first-order valence-electron chi connectivity index (χ1n) is 4.28. The second-order valence-corrected chi connectivity index (χ2v) is 3.32. The first-order valence-corrected chi connectivity index (χ1v) is 4.28. The molecule has 1 rings (SSSR count). The van der Waals surface area contributed by atoms with Crippen molar-refractivity contribution >= 4 is 5.82 Å². The van der Waals surface area contributed by atoms with E-state index < -0.39 is 0 Å². The molecular weight excluding hydrogens is 166 g/mol. The van der Waals surface area contributed by atoms with Crippen molar-refractivity contribution in [3.8, 4) is 0 Å². The van der Waals surface area contributed by atoms with Crippen molar-refractivity contribution in [2.45, 2.75) is 20.0 Å². The minimum Gasteiger partial charge on any atom is -0.392 e. The molecule has 0 amide bonds. The van der Waals surface area contributed by atoms with E-state index in [2.05, 4.69) is 10.2 Å². The highest BCUT2D eigenvalue weighted by atomic mass is 16.3. The van der Waals surface area contributed by atoms with E-state index in [1.807, 2.05) is 24.9 Å². The number of nitrogens with zero attached hydrogens (tertiary/aromatic N) is 3. The molecule has 1 atom stereocenters. The molecule has 0 aliphatic carbocycles. The summed E-state index contributed by atoms with van der Waals surface area (Å²) in [7, 11) is 1.89. The van der Waals surface area contributed by atoms with Crippen molar-refractivity contribution < 1.29 is 5.11 Å². The molecule has 0 bridgehead atoms. The van der Waals surface area contributed by atoms with Gasteiger partial charge >= 0.3 is 0 Å². The van der Waals surface area contributed by atoms with Gasteiger partial charge in [-0.25, -0.2) is 0 Å². The fourth-order valence-corrected chi connectivity index (χ4v) is 1.13. The molecule has 1 aromatic rings. The van der Waals surface area contributed by atoms with E-state index in [9.17, 15) is 0 Å². The third-order valence-electron chi connectivity index (χ3n) is 1.71. The molecular formula is C9H15N3O. The van der Waals surface area contributed by atoms with Crippen LogP contribution in [0.25, 0.3) is 0 Å². The molecule has 0 spiro atoms. The number of likely N-dealkylation sites (N-methyl/N-ethyl adjacent to an activating group) is 1. The SMILES string of the molecule is Cc1cnnc(N(C)CC(C)O)c1. The maximum absolute atomic E-state index is 9.16. The number of aromatic nitrogens is 2. The summed E-state index contributed by atoms with van der Waals surface area (Å²) in [6.07, 6.45) is 1.35. The summed E-state index contributed by atoms with van der Waals surface area (Å²) in [4.78, 5) is 1.88. The summed E-state index contributed by atoms with van der Waals surface area (Å²) in [5.41, 5.74) is 1.07. The van der Waals surface area contributed by atoms with E-state index in [0.717, 1.165) is 11.4 Å². The molecule has 0 aliphatic rings. The number of aliphatic hydroxyl groups excluding tert-OH is 1. The zero-order chi connectivity index (χ0) is 9.84. The maximum atomic E-state index is 9.16. The van der Waals surface area contributed by atoms with Gasteiger partial charge < -0.3 is 10.0 Å². The van der Waals surface area contributed by atoms with Crippen molar-refractivity contribution in [1.29, 1.82) is 0 Å². The predicted molar refractivity (Wildman–Crippen MR) is 51.7 cm³/mol. The van der Waals surface area contributed by atoms with E-state index in [0.29, 0.717) is 6.54 Å². The van der Waals surface area contributed by atoms with Crippen molar-refractivity contribution in [2.75, 3.05) is 18.5 Å². The van der Waals surface area contributed by atoms with Gasteiger partial charge in [0, 0.05) is 13.6 Å². The molecule has 1 N–H and O–H groups in total. The number of aryl methyl sites for hydroxylation is 1. The summed E-state index contributed by atoms with van der Waals surface area (Å²) in [5.74, 6) is 0.793. The number of anilines is 1. The molecule has 0 saturated heterocycles. The average Bonchev–Trinajstić information content (AvgIpc) is 2.03. The van der Waals surface area contributed by atoms with Gasteiger partial charge in [-0.15, -0.1) is 5.10 Å². The Bertz CT molecular complexity index is 275. The molecule has 13 heavy (non-hydrogen) atoms. The largest absolute Gasteiger partial charge is 0.392 e. The van der Waals surface area contributed by atoms with Gasteiger partial charge in [0.1, 0.15) is 0 Å². The van der Waals surface area contributed by atoms with Crippen molar-refractivity contribution in [2.24, 2.45) is 0 Å². The lowest BCUT2D eigenvalue weighted by molar-refractivity contribution is 0.201. The lowest BCUT2D eigenvalue weighted by atomic mass is 10.3. The van der Waals surface area contributed by atoms with Crippen LogP contribution in [0.1, 0.15) is 12.5 Å². The first kappa shape index (κ1) is 9.92. The highest BCUT2D eigenvalue weighted by molar-refractivity contribution is 5.37. The van der Waals surface area contributed by atoms with Crippen LogP contribution in [0, 0.1) is 6.92 Å². The molecule has 72 valence electrons. The van der Waals surface area contributed by atoms with Gasteiger partial charge in [0.15, 0.2) is 5.82 Å². The fourth-order valence-electron chi connectivity index (χ4n) is 1.13. The van der Waals surface area contributed by atoms with E-state index in [1.165, 1.54) is 0 Å². The quantitative estimate of drug-likeness (QED) is 0.742. The highest BCUT2D eigenvalue weighted by Gasteiger charge is 2.05. The Hall–Kier alpha value is -1.16. The van der Waals surface area contributed by atoms with Crippen LogP contribution < -0.4 is 4.90 Å². The zero-order valence-corrected chi connectivity index (χ0v) is 8.23. The van der Waals surface area contributed by atoms with Crippen molar-refractivity contribution in [3.63, 3.8) is 0 Å². The minimum atomic E-state index is -0.354. The molecule has 1 aromatic heterocycles. The van der Waals surface area contributed by atoms with Gasteiger partial charge in [-0.3, -0.25) is 0 Å². The summed E-state index contributed by atoms with van der Waals surface area (Å²) in [6.45, 7) is 4.28. The van der Waals surface area contributed by atoms with Gasteiger partial charge in [0.05, 0.1) is 12.3 Å². The van der Waals surface area contributed by atoms with Crippen LogP contribution in [0.5, 0.6) is 0 Å². The Balaban J connectivity index is 2.71. The monoisotopic (exact) mass is 181 g/mol. The van der Waals surface area contributed by atoms with Crippen LogP contribution >= 0.6 is 0 Å². The Morgan fingerprint density at radius 2 is 2.31 bits per heavy atom. The zero-order valence-electron chi connectivity index (χ0n) is 8.23. The summed E-state index contributed by atoms with van der Waals surface area (Å²) >= 11 is 0. The summed E-state index contributed by atoms with van der Waals surface area (Å²) < 4.78 is 0. The number of hydrogen-bond acceptors (Lipinski definition) is 4. The Labute approximate surface area is 78.2 Å². The Kier molecular flexibility index (Phi) is 3.19. The predicted octanol–water partition coefficient (Wildman–Crippen LogP) is 0.602. The Morgan fingerprint density at radius 1 is 1.62 bits per heavy atom. The molecule has 0 radical (unpaired) electrons. The van der Waals surface area contributed by atoms with Crippen LogP contribution in [-0.4, -0.2) is 35.0 Å². The van der Waals surface area contributed by atoms with Crippen LogP contribution in [0.4, 0.5) is 5.82 Å². The lowest BCUT2D eigenvalue weighted by Gasteiger charge is -2.18. The van der Waals surface area contributed by atoms with Crippen molar-refractivity contribution in [3.05, 3.63) is 17.8 Å². The number of aliphatic hydroxyl groups is 1. The third kappa shape index (κ3) is 2.99. The first-order chi connectivity index (χ1) is 6.09. The number of rotatable bonds is 3. The third-order valence-corrected chi connectivity index (χ3v) is 1.71. The molecule has 4 heteroatoms. The Morgan fingerprint density at radius 3 is 2.85 bits per heavy atom. The van der Waals surface area contributed by atoms with Gasteiger partial charge in [-0.1, -0.05) is 0 Å². The van der Waals surface area contributed by atoms with E-state index in [-0.39, 0.29) is 6.10 Å². The van der Waals surface area contributed by atoms with E-state index >= 15 is 0 Å². The van der Waals surface area contributed by atoms with Gasteiger partial charge in [-0.2, -0.15) is 5.10 Å². The van der Waals surface area contributed by atoms with Gasteiger partial charge in [-0.05, 0) is 25.5 Å². The normalized spacial score (nSPS) is 12.6. The van der Waals surface area contributed by atoms with Crippen LogP contribution in [0.3, 0.4) is 0 Å². The topological polar surface area (TPSA) is 49.2 Å². The van der Waals surface area contributed by atoms with Crippen LogP contribution in [-0.2, 0) is 0 Å². The average molecular weight is 181 g/mol. The lowest BCUT2D eigenvalue weighted by Crippen LogP contribution is -2.27. The second kappa shape index (κ2) is 4.18.